The van der Waals surface area contributed by atoms with Gasteiger partial charge in [0.2, 0.25) is 0 Å². The van der Waals surface area contributed by atoms with Gasteiger partial charge < -0.3 is 10.1 Å². The minimum Gasteiger partial charge on any atom is -0.484 e. The molecule has 4 nitrogen and oxygen atoms in total. The van der Waals surface area contributed by atoms with Gasteiger partial charge in [-0.2, -0.15) is 0 Å². The molecule has 29 heavy (non-hydrogen) atoms. The van der Waals surface area contributed by atoms with Crippen LogP contribution >= 0.6 is 11.6 Å². The Bertz CT molecular complexity index is 1040. The van der Waals surface area contributed by atoms with Crippen molar-refractivity contribution < 1.29 is 9.53 Å². The van der Waals surface area contributed by atoms with Gasteiger partial charge in [0.05, 0.1) is 5.69 Å². The Labute approximate surface area is 176 Å². The zero-order valence-corrected chi connectivity index (χ0v) is 17.5. The van der Waals surface area contributed by atoms with Crippen LogP contribution in [0.15, 0.2) is 65.7 Å². The largest absolute Gasteiger partial charge is 0.484 e. The van der Waals surface area contributed by atoms with Gasteiger partial charge in [-0.1, -0.05) is 29.8 Å². The van der Waals surface area contributed by atoms with Crippen LogP contribution in [0.1, 0.15) is 22.3 Å². The Balaban J connectivity index is 1.55. The molecule has 0 bridgehead atoms. The van der Waals surface area contributed by atoms with E-state index >= 15 is 0 Å². The third-order valence-electron chi connectivity index (χ3n) is 4.63. The molecule has 3 aromatic rings. The molecule has 0 fully saturated rings. The molecule has 0 aliphatic heterocycles. The molecule has 1 N–H and O–H groups in total. The van der Waals surface area contributed by atoms with Crippen LogP contribution in [0.4, 0.5) is 11.4 Å². The van der Waals surface area contributed by atoms with E-state index in [-0.39, 0.29) is 12.5 Å². The number of benzene rings is 3. The number of carbonyl (C=O) groups is 1. The van der Waals surface area contributed by atoms with Crippen LogP contribution < -0.4 is 10.1 Å². The van der Waals surface area contributed by atoms with E-state index in [9.17, 15) is 4.79 Å². The molecule has 0 aliphatic rings. The summed E-state index contributed by atoms with van der Waals surface area (Å²) in [6.07, 6.45) is 1.82. The molecule has 0 spiro atoms. The summed E-state index contributed by atoms with van der Waals surface area (Å²) in [5.74, 6) is 0.372. The van der Waals surface area contributed by atoms with Crippen molar-refractivity contribution in [3.8, 4) is 5.75 Å². The first-order valence-corrected chi connectivity index (χ1v) is 9.69. The quantitative estimate of drug-likeness (QED) is 0.508. The van der Waals surface area contributed by atoms with Gasteiger partial charge in [-0.3, -0.25) is 9.79 Å². The Kier molecular flexibility index (Phi) is 6.68. The van der Waals surface area contributed by atoms with E-state index in [4.69, 9.17) is 16.3 Å². The zero-order chi connectivity index (χ0) is 20.8. The van der Waals surface area contributed by atoms with Crippen LogP contribution in [-0.4, -0.2) is 18.7 Å². The normalized spacial score (nSPS) is 10.9. The van der Waals surface area contributed by atoms with Gasteiger partial charge in [0, 0.05) is 16.9 Å². The highest BCUT2D eigenvalue weighted by Crippen LogP contribution is 2.22. The van der Waals surface area contributed by atoms with Gasteiger partial charge in [0.1, 0.15) is 5.75 Å². The third-order valence-corrected chi connectivity index (χ3v) is 5.04. The minimum atomic E-state index is -0.245. The lowest BCUT2D eigenvalue weighted by molar-refractivity contribution is -0.118. The highest BCUT2D eigenvalue weighted by atomic mass is 35.5. The van der Waals surface area contributed by atoms with Crippen molar-refractivity contribution in [1.82, 2.24) is 0 Å². The van der Waals surface area contributed by atoms with Crippen molar-refractivity contribution >= 4 is 35.1 Å². The van der Waals surface area contributed by atoms with E-state index in [1.807, 2.05) is 61.7 Å². The first kappa shape index (κ1) is 20.6. The van der Waals surface area contributed by atoms with Crippen molar-refractivity contribution in [2.45, 2.75) is 20.8 Å². The van der Waals surface area contributed by atoms with Crippen molar-refractivity contribution in [3.05, 3.63) is 87.9 Å². The predicted octanol–water partition coefficient (Wildman–Crippen LogP) is 6.03. The molecule has 0 aromatic heterocycles. The second kappa shape index (κ2) is 9.39. The Hall–Kier alpha value is -3.11. The topological polar surface area (TPSA) is 50.7 Å². The average Bonchev–Trinajstić information content (AvgIpc) is 2.71. The van der Waals surface area contributed by atoms with Crippen LogP contribution in [0.3, 0.4) is 0 Å². The maximum Gasteiger partial charge on any atom is 0.262 e. The maximum atomic E-state index is 12.1. The smallest absolute Gasteiger partial charge is 0.262 e. The molecule has 148 valence electrons. The summed E-state index contributed by atoms with van der Waals surface area (Å²) in [4.78, 5) is 16.6. The fraction of sp³-hybridized carbons (Fsp3) is 0.167. The number of hydrogen-bond donors (Lipinski definition) is 1. The second-order valence-corrected chi connectivity index (χ2v) is 7.25. The number of halogens is 1. The summed E-state index contributed by atoms with van der Waals surface area (Å²) in [6, 6.07) is 18.9. The van der Waals surface area contributed by atoms with Crippen molar-refractivity contribution in [1.29, 1.82) is 0 Å². The molecule has 0 heterocycles. The number of anilines is 1. The lowest BCUT2D eigenvalue weighted by Gasteiger charge is -2.09. The second-order valence-electron chi connectivity index (χ2n) is 6.85. The molecule has 0 unspecified atom stereocenters. The average molecular weight is 407 g/mol. The molecule has 0 saturated carbocycles. The fourth-order valence-corrected chi connectivity index (χ4v) is 2.87. The number of carbonyl (C=O) groups excluding carboxylic acids is 1. The number of rotatable bonds is 6. The number of nitrogens with one attached hydrogen (secondary N) is 1. The number of amides is 1. The summed E-state index contributed by atoms with van der Waals surface area (Å²) in [5, 5.41) is 3.38. The summed E-state index contributed by atoms with van der Waals surface area (Å²) in [5.41, 5.74) is 5.91. The fourth-order valence-electron chi connectivity index (χ4n) is 2.69. The van der Waals surface area contributed by atoms with Crippen LogP contribution in [0.5, 0.6) is 5.75 Å². The number of aryl methyl sites for hydroxylation is 2. The number of aliphatic imine (C=N–C) groups is 1. The molecule has 3 aromatic carbocycles. The highest BCUT2D eigenvalue weighted by molar-refractivity contribution is 6.31. The zero-order valence-electron chi connectivity index (χ0n) is 16.7. The number of ether oxygens (including phenoxy) is 1. The molecule has 1 amide bonds. The van der Waals surface area contributed by atoms with E-state index < -0.39 is 0 Å². The molecular formula is C24H23ClN2O2. The van der Waals surface area contributed by atoms with E-state index in [0.717, 1.165) is 16.8 Å². The standard InChI is InChI=1S/C24H23ClN2O2/c1-16-5-4-6-23(18(16)3)26-14-19-8-11-21(12-9-19)29-15-24(28)27-20-10-7-17(2)22(25)13-20/h4-14H,15H2,1-3H3,(H,27,28). The van der Waals surface area contributed by atoms with Gasteiger partial charge in [0.15, 0.2) is 6.61 Å². The van der Waals surface area contributed by atoms with Crippen molar-refractivity contribution in [3.63, 3.8) is 0 Å². The predicted molar refractivity (Wildman–Crippen MR) is 120 cm³/mol. The molecule has 3 rings (SSSR count). The van der Waals surface area contributed by atoms with Gasteiger partial charge in [-0.05, 0) is 85.5 Å². The van der Waals surface area contributed by atoms with Gasteiger partial charge in [-0.25, -0.2) is 0 Å². The van der Waals surface area contributed by atoms with E-state index in [0.29, 0.717) is 16.5 Å². The van der Waals surface area contributed by atoms with Crippen LogP contribution in [0.2, 0.25) is 5.02 Å². The van der Waals surface area contributed by atoms with Crippen LogP contribution in [-0.2, 0) is 4.79 Å². The number of nitrogens with zero attached hydrogens (tertiary/aromatic N) is 1. The first-order valence-electron chi connectivity index (χ1n) is 9.31. The summed E-state index contributed by atoms with van der Waals surface area (Å²) in [7, 11) is 0. The Morgan fingerprint density at radius 3 is 2.52 bits per heavy atom. The Morgan fingerprint density at radius 2 is 1.79 bits per heavy atom. The van der Waals surface area contributed by atoms with E-state index in [2.05, 4.69) is 30.2 Å². The van der Waals surface area contributed by atoms with Gasteiger partial charge in [-0.15, -0.1) is 0 Å². The molecule has 5 heteroatoms. The minimum absolute atomic E-state index is 0.0819. The number of hydrogen-bond acceptors (Lipinski definition) is 3. The van der Waals surface area contributed by atoms with Crippen LogP contribution in [0, 0.1) is 20.8 Å². The monoisotopic (exact) mass is 406 g/mol. The van der Waals surface area contributed by atoms with E-state index in [1.165, 1.54) is 11.1 Å². The van der Waals surface area contributed by atoms with Gasteiger partial charge >= 0.3 is 0 Å². The summed E-state index contributed by atoms with van der Waals surface area (Å²) >= 11 is 6.07. The Morgan fingerprint density at radius 1 is 1.03 bits per heavy atom. The van der Waals surface area contributed by atoms with Crippen LogP contribution in [0.25, 0.3) is 0 Å². The maximum absolute atomic E-state index is 12.1. The van der Waals surface area contributed by atoms with E-state index in [1.54, 1.807) is 6.07 Å². The summed E-state index contributed by atoms with van der Waals surface area (Å²) < 4.78 is 5.56. The molecule has 0 atom stereocenters. The third kappa shape index (κ3) is 5.69. The molecule has 0 aliphatic carbocycles. The lowest BCUT2D eigenvalue weighted by atomic mass is 10.1. The molecular weight excluding hydrogens is 384 g/mol. The van der Waals surface area contributed by atoms with Gasteiger partial charge in [0.25, 0.3) is 5.91 Å². The summed E-state index contributed by atoms with van der Waals surface area (Å²) in [6.45, 7) is 5.97. The van der Waals surface area contributed by atoms with Crippen molar-refractivity contribution in [2.24, 2.45) is 4.99 Å². The molecule has 0 saturated heterocycles. The molecule has 0 radical (unpaired) electrons. The lowest BCUT2D eigenvalue weighted by Crippen LogP contribution is -2.20. The highest BCUT2D eigenvalue weighted by Gasteiger charge is 2.05. The first-order chi connectivity index (χ1) is 13.9. The van der Waals surface area contributed by atoms with Crippen molar-refractivity contribution in [2.75, 3.05) is 11.9 Å². The SMILES string of the molecule is Cc1ccc(NC(=O)COc2ccc(C=Nc3cccc(C)c3C)cc2)cc1Cl.